The zero-order chi connectivity index (χ0) is 9.84. The van der Waals surface area contributed by atoms with Gasteiger partial charge in [0.05, 0.1) is 0 Å². The third-order valence-corrected chi connectivity index (χ3v) is 1.92. The average molecular weight is 240 g/mol. The summed E-state index contributed by atoms with van der Waals surface area (Å²) in [6, 6.07) is 1.76. The first-order chi connectivity index (χ1) is 6.09. The molecule has 0 bridgehead atoms. The number of halogens is 1. The van der Waals surface area contributed by atoms with Gasteiger partial charge in [-0.15, -0.1) is 0 Å². The fraction of sp³-hybridized carbons (Fsp3) is 0.200. The van der Waals surface area contributed by atoms with Gasteiger partial charge in [0.25, 0.3) is 0 Å². The topological polar surface area (TPSA) is 30.0 Å². The summed E-state index contributed by atoms with van der Waals surface area (Å²) in [5.41, 5.74) is 1.49. The third kappa shape index (κ3) is 3.11. The Labute approximate surface area is 85.8 Å². The van der Waals surface area contributed by atoms with Gasteiger partial charge in [0, 0.05) is 28.9 Å². The summed E-state index contributed by atoms with van der Waals surface area (Å²) in [5, 5.41) is 0. The molecule has 1 heterocycles. The molecule has 0 aliphatic heterocycles. The van der Waals surface area contributed by atoms with E-state index in [2.05, 4.69) is 27.5 Å². The highest BCUT2D eigenvalue weighted by molar-refractivity contribution is 9.10. The number of Topliss-reactive ketones (excluding diaryl/α,β-unsaturated/α-hetero) is 1. The summed E-state index contributed by atoms with van der Waals surface area (Å²) in [6.07, 6.45) is 3.60. The monoisotopic (exact) mass is 239 g/mol. The highest BCUT2D eigenvalue weighted by Gasteiger charge is 2.05. The van der Waals surface area contributed by atoms with Gasteiger partial charge in [0.1, 0.15) is 0 Å². The van der Waals surface area contributed by atoms with E-state index in [0.717, 1.165) is 10.0 Å². The molecule has 1 rings (SSSR count). The highest BCUT2D eigenvalue weighted by atomic mass is 79.9. The lowest BCUT2D eigenvalue weighted by atomic mass is 10.1. The van der Waals surface area contributed by atoms with Crippen molar-refractivity contribution >= 4 is 21.7 Å². The van der Waals surface area contributed by atoms with Crippen LogP contribution in [0.5, 0.6) is 0 Å². The van der Waals surface area contributed by atoms with Gasteiger partial charge in [-0.05, 0) is 28.9 Å². The number of nitrogens with zero attached hydrogens (tertiary/aromatic N) is 1. The summed E-state index contributed by atoms with van der Waals surface area (Å²) in [6.45, 7) is 5.53. The molecule has 0 aromatic carbocycles. The Kier molecular flexibility index (Phi) is 3.37. The maximum absolute atomic E-state index is 11.5. The first kappa shape index (κ1) is 10.1. The van der Waals surface area contributed by atoms with Crippen LogP contribution in [0, 0.1) is 0 Å². The summed E-state index contributed by atoms with van der Waals surface area (Å²) in [4.78, 5) is 15.4. The minimum absolute atomic E-state index is 0.0568. The summed E-state index contributed by atoms with van der Waals surface area (Å²) >= 11 is 3.26. The summed E-state index contributed by atoms with van der Waals surface area (Å²) < 4.78 is 0.820. The molecule has 0 spiro atoms. The molecule has 0 fully saturated rings. The predicted octanol–water partition coefficient (Wildman–Crippen LogP) is 2.99. The molecule has 0 N–H and O–H groups in total. The molecule has 0 aliphatic rings. The third-order valence-electron chi connectivity index (χ3n) is 1.49. The molecular weight excluding hydrogens is 230 g/mol. The van der Waals surface area contributed by atoms with Crippen LogP contribution < -0.4 is 0 Å². The van der Waals surface area contributed by atoms with Crippen molar-refractivity contribution in [3.63, 3.8) is 0 Å². The summed E-state index contributed by atoms with van der Waals surface area (Å²) in [5.74, 6) is 0.0568. The molecule has 1 aromatic heterocycles. The lowest BCUT2D eigenvalue weighted by molar-refractivity contribution is 0.0993. The number of carbonyl (C=O) groups excluding carboxylic acids is 1. The number of hydrogen-bond donors (Lipinski definition) is 0. The van der Waals surface area contributed by atoms with Gasteiger partial charge >= 0.3 is 0 Å². The largest absolute Gasteiger partial charge is 0.294 e. The van der Waals surface area contributed by atoms with Crippen LogP contribution in [-0.4, -0.2) is 10.8 Å². The van der Waals surface area contributed by atoms with Crippen molar-refractivity contribution < 1.29 is 4.79 Å². The Morgan fingerprint density at radius 1 is 1.62 bits per heavy atom. The lowest BCUT2D eigenvalue weighted by Crippen LogP contribution is -1.99. The quantitative estimate of drug-likeness (QED) is 0.600. The number of allylic oxidation sites excluding steroid dienone is 1. The smallest absolute Gasteiger partial charge is 0.168 e. The number of pyridine rings is 1. The van der Waals surface area contributed by atoms with Crippen LogP contribution in [0.4, 0.5) is 0 Å². The molecular formula is C10H10BrNO. The standard InChI is InChI=1S/C10H10BrNO/c1-7(2)3-10(13)8-4-9(11)6-12-5-8/h4-6H,1,3H2,2H3. The molecule has 68 valence electrons. The van der Waals surface area contributed by atoms with Gasteiger partial charge in [-0.3, -0.25) is 9.78 Å². The Bertz CT molecular complexity index is 347. The van der Waals surface area contributed by atoms with Crippen molar-refractivity contribution in [3.8, 4) is 0 Å². The molecule has 2 nitrogen and oxygen atoms in total. The van der Waals surface area contributed by atoms with E-state index in [0.29, 0.717) is 12.0 Å². The Morgan fingerprint density at radius 2 is 2.31 bits per heavy atom. The zero-order valence-corrected chi connectivity index (χ0v) is 8.97. The number of ketones is 1. The van der Waals surface area contributed by atoms with E-state index >= 15 is 0 Å². The van der Waals surface area contributed by atoms with Crippen molar-refractivity contribution in [2.24, 2.45) is 0 Å². The molecule has 0 aliphatic carbocycles. The van der Waals surface area contributed by atoms with Gasteiger partial charge in [0.2, 0.25) is 0 Å². The summed E-state index contributed by atoms with van der Waals surface area (Å²) in [7, 11) is 0. The van der Waals surface area contributed by atoms with Crippen molar-refractivity contribution in [3.05, 3.63) is 40.6 Å². The predicted molar refractivity (Wildman–Crippen MR) is 55.7 cm³/mol. The number of carbonyl (C=O) groups is 1. The van der Waals surface area contributed by atoms with Crippen LogP contribution in [0.2, 0.25) is 0 Å². The second kappa shape index (κ2) is 4.33. The van der Waals surface area contributed by atoms with E-state index in [-0.39, 0.29) is 5.78 Å². The number of rotatable bonds is 3. The maximum Gasteiger partial charge on any atom is 0.168 e. The highest BCUT2D eigenvalue weighted by Crippen LogP contribution is 2.12. The lowest BCUT2D eigenvalue weighted by Gasteiger charge is -1.99. The minimum Gasteiger partial charge on any atom is -0.294 e. The van der Waals surface area contributed by atoms with Crippen molar-refractivity contribution in [1.82, 2.24) is 4.98 Å². The molecule has 0 saturated heterocycles. The van der Waals surface area contributed by atoms with Gasteiger partial charge in [-0.25, -0.2) is 0 Å². The molecule has 0 atom stereocenters. The average Bonchev–Trinajstić information content (AvgIpc) is 2.03. The van der Waals surface area contributed by atoms with E-state index in [9.17, 15) is 4.79 Å². The fourth-order valence-electron chi connectivity index (χ4n) is 0.941. The number of aromatic nitrogens is 1. The van der Waals surface area contributed by atoms with E-state index in [1.165, 1.54) is 0 Å². The van der Waals surface area contributed by atoms with E-state index < -0.39 is 0 Å². The van der Waals surface area contributed by atoms with Gasteiger partial charge in [-0.2, -0.15) is 0 Å². The van der Waals surface area contributed by atoms with Crippen LogP contribution in [-0.2, 0) is 0 Å². The molecule has 0 radical (unpaired) electrons. The van der Waals surface area contributed by atoms with Crippen molar-refractivity contribution in [2.45, 2.75) is 13.3 Å². The van der Waals surface area contributed by atoms with Crippen LogP contribution in [0.1, 0.15) is 23.7 Å². The molecule has 13 heavy (non-hydrogen) atoms. The molecule has 3 heteroatoms. The van der Waals surface area contributed by atoms with E-state index in [4.69, 9.17) is 0 Å². The SMILES string of the molecule is C=C(C)CC(=O)c1cncc(Br)c1. The van der Waals surface area contributed by atoms with Crippen molar-refractivity contribution in [2.75, 3.05) is 0 Å². The second-order valence-corrected chi connectivity index (χ2v) is 3.86. The van der Waals surface area contributed by atoms with E-state index in [1.807, 2.05) is 6.92 Å². The molecule has 1 aromatic rings. The Balaban J connectivity index is 2.83. The first-order valence-corrected chi connectivity index (χ1v) is 4.67. The molecule has 0 unspecified atom stereocenters. The fourth-order valence-corrected chi connectivity index (χ4v) is 1.31. The van der Waals surface area contributed by atoms with Crippen molar-refractivity contribution in [1.29, 1.82) is 0 Å². The number of hydrogen-bond acceptors (Lipinski definition) is 2. The van der Waals surface area contributed by atoms with Crippen LogP contribution in [0.25, 0.3) is 0 Å². The molecule has 0 saturated carbocycles. The maximum atomic E-state index is 11.5. The Hall–Kier alpha value is -0.960. The van der Waals surface area contributed by atoms with Crippen LogP contribution in [0.3, 0.4) is 0 Å². The van der Waals surface area contributed by atoms with E-state index in [1.54, 1.807) is 18.5 Å². The van der Waals surface area contributed by atoms with Gasteiger partial charge in [-0.1, -0.05) is 12.2 Å². The van der Waals surface area contributed by atoms with Crippen LogP contribution in [0.15, 0.2) is 35.1 Å². The van der Waals surface area contributed by atoms with Crippen LogP contribution >= 0.6 is 15.9 Å². The molecule has 0 amide bonds. The first-order valence-electron chi connectivity index (χ1n) is 3.87. The van der Waals surface area contributed by atoms with Gasteiger partial charge in [0.15, 0.2) is 5.78 Å². The minimum atomic E-state index is 0.0568. The normalized spacial score (nSPS) is 9.69. The second-order valence-electron chi connectivity index (χ2n) is 2.95. The Morgan fingerprint density at radius 3 is 2.85 bits per heavy atom. The van der Waals surface area contributed by atoms with Gasteiger partial charge < -0.3 is 0 Å². The zero-order valence-electron chi connectivity index (χ0n) is 7.38.